The van der Waals surface area contributed by atoms with Crippen molar-refractivity contribution in [2.45, 2.75) is 46.1 Å². The molecule has 0 aromatic heterocycles. The highest BCUT2D eigenvalue weighted by Gasteiger charge is 2.16. The highest BCUT2D eigenvalue weighted by Crippen LogP contribution is 2.28. The van der Waals surface area contributed by atoms with E-state index in [2.05, 4.69) is 6.07 Å². The molecule has 2 N–H and O–H groups in total. The Morgan fingerprint density at radius 1 is 1.45 bits per heavy atom. The Morgan fingerprint density at radius 2 is 2.15 bits per heavy atom. The molecule has 20 heavy (non-hydrogen) atoms. The first kappa shape index (κ1) is 16.8. The van der Waals surface area contributed by atoms with Gasteiger partial charge >= 0.3 is 0 Å². The van der Waals surface area contributed by atoms with Crippen LogP contribution in [0.4, 0.5) is 0 Å². The first-order chi connectivity index (χ1) is 9.35. The van der Waals surface area contributed by atoms with Crippen molar-refractivity contribution in [1.29, 1.82) is 5.26 Å². The molecule has 0 aliphatic rings. The van der Waals surface area contributed by atoms with Crippen LogP contribution >= 0.6 is 11.6 Å². The van der Waals surface area contributed by atoms with Gasteiger partial charge in [-0.15, -0.1) is 0 Å². The lowest BCUT2D eigenvalue weighted by Crippen LogP contribution is -2.18. The van der Waals surface area contributed by atoms with Crippen LogP contribution in [0.2, 0.25) is 5.02 Å². The maximum Gasteiger partial charge on any atom is 0.124 e. The van der Waals surface area contributed by atoms with Gasteiger partial charge < -0.3 is 10.5 Å². The predicted molar refractivity (Wildman–Crippen MR) is 82.9 cm³/mol. The summed E-state index contributed by atoms with van der Waals surface area (Å²) >= 11 is 6.20. The van der Waals surface area contributed by atoms with E-state index in [9.17, 15) is 0 Å². The van der Waals surface area contributed by atoms with Gasteiger partial charge in [-0.25, -0.2) is 0 Å². The molecule has 0 aliphatic carbocycles. The van der Waals surface area contributed by atoms with Gasteiger partial charge in [-0.2, -0.15) is 5.26 Å². The molecule has 1 aromatic carbocycles. The molecule has 1 aromatic rings. The minimum Gasteiger partial charge on any atom is -0.493 e. The molecule has 0 spiro atoms. The monoisotopic (exact) mass is 294 g/mol. The third-order valence-corrected chi connectivity index (χ3v) is 3.46. The molecule has 0 saturated heterocycles. The quantitative estimate of drug-likeness (QED) is 0.775. The van der Waals surface area contributed by atoms with E-state index in [4.69, 9.17) is 27.3 Å². The van der Waals surface area contributed by atoms with E-state index in [0.29, 0.717) is 18.1 Å². The van der Waals surface area contributed by atoms with Crippen LogP contribution in [0.5, 0.6) is 5.75 Å². The number of rotatable bonds is 7. The van der Waals surface area contributed by atoms with Crippen LogP contribution in [0.1, 0.15) is 39.2 Å². The van der Waals surface area contributed by atoms with Crippen molar-refractivity contribution < 1.29 is 4.74 Å². The molecule has 0 aliphatic heterocycles. The largest absolute Gasteiger partial charge is 0.493 e. The van der Waals surface area contributed by atoms with Crippen molar-refractivity contribution in [3.8, 4) is 11.8 Å². The lowest BCUT2D eigenvalue weighted by atomic mass is 9.90. The summed E-state index contributed by atoms with van der Waals surface area (Å²) in [5, 5.41) is 9.66. The standard InChI is InChI=1S/C16H23ClN2O/c1-12(19)10-13-14(17)6-4-7-15(13)20-9-5-8-16(2,3)11-18/h4,6-7,12H,5,8-10,19H2,1-3H3. The number of hydrogen-bond acceptors (Lipinski definition) is 3. The zero-order valence-electron chi connectivity index (χ0n) is 12.4. The molecule has 0 amide bonds. The van der Waals surface area contributed by atoms with Gasteiger partial charge in [0.1, 0.15) is 5.75 Å². The van der Waals surface area contributed by atoms with Crippen LogP contribution in [-0.2, 0) is 6.42 Å². The third-order valence-electron chi connectivity index (χ3n) is 3.11. The summed E-state index contributed by atoms with van der Waals surface area (Å²) in [6, 6.07) is 7.97. The van der Waals surface area contributed by atoms with Gasteiger partial charge in [0.25, 0.3) is 0 Å². The zero-order valence-corrected chi connectivity index (χ0v) is 13.2. The van der Waals surface area contributed by atoms with Gasteiger partial charge in [0.05, 0.1) is 18.1 Å². The van der Waals surface area contributed by atoms with E-state index in [1.54, 1.807) is 0 Å². The summed E-state index contributed by atoms with van der Waals surface area (Å²) in [7, 11) is 0. The van der Waals surface area contributed by atoms with Crippen LogP contribution in [0.15, 0.2) is 18.2 Å². The van der Waals surface area contributed by atoms with Gasteiger partial charge in [0.15, 0.2) is 0 Å². The van der Waals surface area contributed by atoms with Gasteiger partial charge in [-0.05, 0) is 52.2 Å². The normalized spacial score (nSPS) is 12.8. The van der Waals surface area contributed by atoms with E-state index < -0.39 is 0 Å². The van der Waals surface area contributed by atoms with Crippen LogP contribution in [0, 0.1) is 16.7 Å². The van der Waals surface area contributed by atoms with Gasteiger partial charge in [0, 0.05) is 16.6 Å². The van der Waals surface area contributed by atoms with Crippen molar-refractivity contribution in [2.75, 3.05) is 6.61 Å². The second kappa shape index (κ2) is 7.52. The highest BCUT2D eigenvalue weighted by molar-refractivity contribution is 6.31. The number of ether oxygens (including phenoxy) is 1. The lowest BCUT2D eigenvalue weighted by molar-refractivity contribution is 0.281. The average molecular weight is 295 g/mol. The van der Waals surface area contributed by atoms with Crippen molar-refractivity contribution in [1.82, 2.24) is 0 Å². The number of hydrogen-bond donors (Lipinski definition) is 1. The van der Waals surface area contributed by atoms with Gasteiger partial charge in [-0.3, -0.25) is 0 Å². The Labute approximate surface area is 126 Å². The maximum absolute atomic E-state index is 8.97. The number of halogens is 1. The molecule has 0 heterocycles. The lowest BCUT2D eigenvalue weighted by Gasteiger charge is -2.17. The van der Waals surface area contributed by atoms with E-state index >= 15 is 0 Å². The fourth-order valence-electron chi connectivity index (χ4n) is 1.95. The van der Waals surface area contributed by atoms with Crippen molar-refractivity contribution in [2.24, 2.45) is 11.1 Å². The van der Waals surface area contributed by atoms with E-state index in [-0.39, 0.29) is 11.5 Å². The molecular weight excluding hydrogens is 272 g/mol. The first-order valence-corrected chi connectivity index (χ1v) is 7.30. The predicted octanol–water partition coefficient (Wildman–Crippen LogP) is 3.94. The molecule has 1 rings (SSSR count). The molecule has 0 radical (unpaired) electrons. The summed E-state index contributed by atoms with van der Waals surface area (Å²) in [5.74, 6) is 0.796. The topological polar surface area (TPSA) is 59.0 Å². The Balaban J connectivity index is 2.60. The Hall–Kier alpha value is -1.24. The molecule has 0 bridgehead atoms. The molecule has 4 heteroatoms. The number of nitrogens with zero attached hydrogens (tertiary/aromatic N) is 1. The van der Waals surface area contributed by atoms with Crippen LogP contribution in [0.25, 0.3) is 0 Å². The summed E-state index contributed by atoms with van der Waals surface area (Å²) in [4.78, 5) is 0. The van der Waals surface area contributed by atoms with Crippen LogP contribution in [0.3, 0.4) is 0 Å². The van der Waals surface area contributed by atoms with Crippen molar-refractivity contribution in [3.05, 3.63) is 28.8 Å². The summed E-state index contributed by atoms with van der Waals surface area (Å²) < 4.78 is 5.81. The number of nitrogens with two attached hydrogens (primary N) is 1. The third kappa shape index (κ3) is 5.40. The highest BCUT2D eigenvalue weighted by atomic mass is 35.5. The SMILES string of the molecule is CC(N)Cc1c(Cl)cccc1OCCCC(C)(C)C#N. The fraction of sp³-hybridized carbons (Fsp3) is 0.562. The fourth-order valence-corrected chi connectivity index (χ4v) is 2.19. The summed E-state index contributed by atoms with van der Waals surface area (Å²) in [6.07, 6.45) is 2.34. The smallest absolute Gasteiger partial charge is 0.124 e. The first-order valence-electron chi connectivity index (χ1n) is 6.93. The Bertz CT molecular complexity index is 478. The molecule has 110 valence electrons. The van der Waals surface area contributed by atoms with E-state index in [0.717, 1.165) is 24.2 Å². The van der Waals surface area contributed by atoms with Crippen LogP contribution < -0.4 is 10.5 Å². The summed E-state index contributed by atoms with van der Waals surface area (Å²) in [6.45, 7) is 6.40. The van der Waals surface area contributed by atoms with E-state index in [1.165, 1.54) is 0 Å². The second-order valence-electron chi connectivity index (χ2n) is 5.85. The minimum atomic E-state index is -0.299. The maximum atomic E-state index is 8.97. The van der Waals surface area contributed by atoms with Crippen molar-refractivity contribution in [3.63, 3.8) is 0 Å². The number of nitriles is 1. The number of benzene rings is 1. The second-order valence-corrected chi connectivity index (χ2v) is 6.25. The average Bonchev–Trinajstić information content (AvgIpc) is 2.38. The molecule has 0 fully saturated rings. The molecule has 3 nitrogen and oxygen atoms in total. The molecule has 0 saturated carbocycles. The Morgan fingerprint density at radius 3 is 2.75 bits per heavy atom. The minimum absolute atomic E-state index is 0.0368. The molecule has 1 unspecified atom stereocenters. The van der Waals surface area contributed by atoms with Crippen LogP contribution in [-0.4, -0.2) is 12.6 Å². The Kier molecular flexibility index (Phi) is 6.32. The molecular formula is C16H23ClN2O. The zero-order chi connectivity index (χ0) is 15.2. The summed E-state index contributed by atoms with van der Waals surface area (Å²) in [5.41, 5.74) is 6.50. The van der Waals surface area contributed by atoms with Crippen molar-refractivity contribution >= 4 is 11.6 Å². The van der Waals surface area contributed by atoms with E-state index in [1.807, 2.05) is 39.0 Å². The molecule has 1 atom stereocenters. The van der Waals surface area contributed by atoms with Gasteiger partial charge in [0.2, 0.25) is 0 Å². The van der Waals surface area contributed by atoms with Gasteiger partial charge in [-0.1, -0.05) is 17.7 Å².